The summed E-state index contributed by atoms with van der Waals surface area (Å²) in [6.07, 6.45) is 3.43. The van der Waals surface area contributed by atoms with E-state index in [1.807, 2.05) is 49.9 Å². The van der Waals surface area contributed by atoms with E-state index in [1.54, 1.807) is 18.0 Å². The van der Waals surface area contributed by atoms with Crippen LogP contribution in [0.2, 0.25) is 0 Å². The molecule has 1 aromatic carbocycles. The van der Waals surface area contributed by atoms with Gasteiger partial charge in [0.25, 0.3) is 0 Å². The van der Waals surface area contributed by atoms with Crippen LogP contribution in [0.1, 0.15) is 22.5 Å². The lowest BCUT2D eigenvalue weighted by Gasteiger charge is -2.20. The molecule has 0 radical (unpaired) electrons. The number of hydrogen-bond donors (Lipinski definition) is 0. The molecular weight excluding hydrogens is 318 g/mol. The molecule has 0 bridgehead atoms. The van der Waals surface area contributed by atoms with Gasteiger partial charge in [0.05, 0.1) is 5.69 Å². The number of aromatic nitrogens is 2. The number of nitrogens with zero attached hydrogens (tertiary/aromatic N) is 3. The number of likely N-dealkylation sites (N-methyl/N-ethyl adjacent to an activating group) is 1. The van der Waals surface area contributed by atoms with E-state index in [9.17, 15) is 4.79 Å². The molecule has 1 aliphatic rings. The molecule has 1 aliphatic heterocycles. The van der Waals surface area contributed by atoms with Gasteiger partial charge in [-0.1, -0.05) is 6.07 Å². The van der Waals surface area contributed by atoms with Gasteiger partial charge in [0.15, 0.2) is 11.5 Å². The van der Waals surface area contributed by atoms with Gasteiger partial charge in [0.1, 0.15) is 13.2 Å². The van der Waals surface area contributed by atoms with Crippen LogP contribution >= 0.6 is 0 Å². The first-order valence-corrected chi connectivity index (χ1v) is 8.27. The predicted molar refractivity (Wildman–Crippen MR) is 95.6 cm³/mol. The number of hydrogen-bond acceptors (Lipinski definition) is 4. The fraction of sp³-hybridized carbons (Fsp3) is 0.368. The molecule has 0 atom stereocenters. The second kappa shape index (κ2) is 7.01. The third-order valence-corrected chi connectivity index (χ3v) is 4.36. The third kappa shape index (κ3) is 3.68. The van der Waals surface area contributed by atoms with Crippen molar-refractivity contribution in [2.75, 3.05) is 20.3 Å². The zero-order valence-electron chi connectivity index (χ0n) is 15.1. The Bertz CT molecular complexity index is 824. The number of aryl methyl sites for hydroxylation is 2. The van der Waals surface area contributed by atoms with Gasteiger partial charge in [-0.05, 0) is 37.6 Å². The van der Waals surface area contributed by atoms with E-state index in [0.717, 1.165) is 34.0 Å². The first-order valence-electron chi connectivity index (χ1n) is 8.27. The fourth-order valence-corrected chi connectivity index (χ4v) is 2.85. The van der Waals surface area contributed by atoms with Crippen molar-refractivity contribution in [3.8, 4) is 11.5 Å². The Morgan fingerprint density at radius 2 is 2.00 bits per heavy atom. The predicted octanol–water partition coefficient (Wildman–Crippen LogP) is 2.48. The van der Waals surface area contributed by atoms with Gasteiger partial charge in [-0.25, -0.2) is 0 Å². The SMILES string of the molecule is Cc1nn(C)c(C)c1/C=C/C(=O)N(C)Cc1ccc2c(c1)OCCO2. The maximum atomic E-state index is 12.4. The second-order valence-electron chi connectivity index (χ2n) is 6.21. The molecule has 0 unspecified atom stereocenters. The van der Waals surface area contributed by atoms with Crippen molar-refractivity contribution >= 4 is 12.0 Å². The van der Waals surface area contributed by atoms with Gasteiger partial charge in [-0.3, -0.25) is 9.48 Å². The Morgan fingerprint density at radius 3 is 2.68 bits per heavy atom. The molecule has 0 N–H and O–H groups in total. The van der Waals surface area contributed by atoms with E-state index in [1.165, 1.54) is 0 Å². The van der Waals surface area contributed by atoms with E-state index in [-0.39, 0.29) is 5.91 Å². The topological polar surface area (TPSA) is 56.6 Å². The summed E-state index contributed by atoms with van der Waals surface area (Å²) in [5.41, 5.74) is 3.94. The van der Waals surface area contributed by atoms with Crippen LogP contribution in [0.3, 0.4) is 0 Å². The highest BCUT2D eigenvalue weighted by atomic mass is 16.6. The number of fused-ring (bicyclic) bond motifs is 1. The van der Waals surface area contributed by atoms with Crippen molar-refractivity contribution in [3.63, 3.8) is 0 Å². The van der Waals surface area contributed by atoms with Gasteiger partial charge in [0, 0.05) is 38.0 Å². The molecular formula is C19H23N3O3. The zero-order valence-corrected chi connectivity index (χ0v) is 15.1. The Balaban J connectivity index is 1.67. The van der Waals surface area contributed by atoms with Crippen molar-refractivity contribution < 1.29 is 14.3 Å². The Morgan fingerprint density at radius 1 is 1.28 bits per heavy atom. The van der Waals surface area contributed by atoms with Crippen molar-refractivity contribution in [1.29, 1.82) is 0 Å². The molecule has 2 heterocycles. The number of carbonyl (C=O) groups is 1. The Labute approximate surface area is 147 Å². The summed E-state index contributed by atoms with van der Waals surface area (Å²) in [6.45, 7) is 5.56. The maximum absolute atomic E-state index is 12.4. The van der Waals surface area contributed by atoms with Crippen LogP contribution in [-0.2, 0) is 18.4 Å². The zero-order chi connectivity index (χ0) is 18.0. The lowest BCUT2D eigenvalue weighted by Crippen LogP contribution is -2.24. The Hall–Kier alpha value is -2.76. The van der Waals surface area contributed by atoms with Gasteiger partial charge >= 0.3 is 0 Å². The number of ether oxygens (including phenoxy) is 2. The first-order chi connectivity index (χ1) is 12.0. The minimum Gasteiger partial charge on any atom is -0.486 e. The number of benzene rings is 1. The molecule has 0 fully saturated rings. The summed E-state index contributed by atoms with van der Waals surface area (Å²) < 4.78 is 12.9. The van der Waals surface area contributed by atoms with Gasteiger partial charge in [-0.15, -0.1) is 0 Å². The summed E-state index contributed by atoms with van der Waals surface area (Å²) >= 11 is 0. The van der Waals surface area contributed by atoms with E-state index in [2.05, 4.69) is 5.10 Å². The number of amides is 1. The summed E-state index contributed by atoms with van der Waals surface area (Å²) in [7, 11) is 3.68. The lowest BCUT2D eigenvalue weighted by atomic mass is 10.1. The average molecular weight is 341 g/mol. The summed E-state index contributed by atoms with van der Waals surface area (Å²) in [4.78, 5) is 14.1. The van der Waals surface area contributed by atoms with Crippen LogP contribution in [0.4, 0.5) is 0 Å². The summed E-state index contributed by atoms with van der Waals surface area (Å²) in [5.74, 6) is 1.44. The Kier molecular flexibility index (Phi) is 4.79. The van der Waals surface area contributed by atoms with E-state index < -0.39 is 0 Å². The molecule has 0 spiro atoms. The molecule has 1 amide bonds. The molecule has 0 saturated carbocycles. The molecule has 6 nitrogen and oxygen atoms in total. The number of rotatable bonds is 4. The smallest absolute Gasteiger partial charge is 0.246 e. The van der Waals surface area contributed by atoms with Crippen molar-refractivity contribution in [2.24, 2.45) is 7.05 Å². The van der Waals surface area contributed by atoms with Crippen LogP contribution < -0.4 is 9.47 Å². The highest BCUT2D eigenvalue weighted by Crippen LogP contribution is 2.31. The molecule has 0 aliphatic carbocycles. The molecule has 6 heteroatoms. The van der Waals surface area contributed by atoms with Crippen LogP contribution in [0.5, 0.6) is 11.5 Å². The van der Waals surface area contributed by atoms with Crippen LogP contribution in [0.25, 0.3) is 6.08 Å². The summed E-state index contributed by atoms with van der Waals surface area (Å²) in [5, 5.41) is 4.36. The van der Waals surface area contributed by atoms with Crippen molar-refractivity contribution in [3.05, 3.63) is 46.8 Å². The quantitative estimate of drug-likeness (QED) is 0.802. The van der Waals surface area contributed by atoms with Crippen molar-refractivity contribution in [2.45, 2.75) is 20.4 Å². The number of carbonyl (C=O) groups excluding carboxylic acids is 1. The molecule has 1 aromatic heterocycles. The third-order valence-electron chi connectivity index (χ3n) is 4.36. The molecule has 132 valence electrons. The van der Waals surface area contributed by atoms with Crippen molar-refractivity contribution in [1.82, 2.24) is 14.7 Å². The fourth-order valence-electron chi connectivity index (χ4n) is 2.85. The lowest BCUT2D eigenvalue weighted by molar-refractivity contribution is -0.125. The van der Waals surface area contributed by atoms with Crippen LogP contribution in [0, 0.1) is 13.8 Å². The standard InChI is InChI=1S/C19H23N3O3/c1-13-16(14(2)22(4)20-13)6-8-19(23)21(3)12-15-5-7-17-18(11-15)25-10-9-24-17/h5-8,11H,9-10,12H2,1-4H3/b8-6+. The van der Waals surface area contributed by atoms with Gasteiger partial charge in [-0.2, -0.15) is 5.10 Å². The second-order valence-corrected chi connectivity index (χ2v) is 6.21. The first kappa shape index (κ1) is 17.1. The molecule has 25 heavy (non-hydrogen) atoms. The van der Waals surface area contributed by atoms with Crippen LogP contribution in [0.15, 0.2) is 24.3 Å². The van der Waals surface area contributed by atoms with E-state index in [0.29, 0.717) is 19.8 Å². The molecule has 2 aromatic rings. The summed E-state index contributed by atoms with van der Waals surface area (Å²) in [6, 6.07) is 5.77. The minimum atomic E-state index is -0.0578. The maximum Gasteiger partial charge on any atom is 0.246 e. The van der Waals surface area contributed by atoms with Gasteiger partial charge in [0.2, 0.25) is 5.91 Å². The molecule has 0 saturated heterocycles. The molecule has 3 rings (SSSR count). The largest absolute Gasteiger partial charge is 0.486 e. The van der Waals surface area contributed by atoms with E-state index in [4.69, 9.17) is 9.47 Å². The minimum absolute atomic E-state index is 0.0578. The van der Waals surface area contributed by atoms with E-state index >= 15 is 0 Å². The van der Waals surface area contributed by atoms with Crippen LogP contribution in [-0.4, -0.2) is 40.8 Å². The normalized spacial score (nSPS) is 13.3. The monoisotopic (exact) mass is 341 g/mol. The highest BCUT2D eigenvalue weighted by molar-refractivity contribution is 5.91. The average Bonchev–Trinajstić information content (AvgIpc) is 2.84. The highest BCUT2D eigenvalue weighted by Gasteiger charge is 2.14. The van der Waals surface area contributed by atoms with Gasteiger partial charge < -0.3 is 14.4 Å².